The van der Waals surface area contributed by atoms with Crippen LogP contribution in [0, 0.1) is 12.8 Å². The van der Waals surface area contributed by atoms with E-state index in [-0.39, 0.29) is 23.1 Å². The van der Waals surface area contributed by atoms with E-state index < -0.39 is 0 Å². The SMILES string of the molecule is CC(=[OH+])[CH-]C(C)=[OH+].CC(=[OH+])[CH-]C(C)=[OH+].[O]=[V]. The number of ketones is 4. The van der Waals surface area contributed by atoms with Gasteiger partial charge in [-0.25, -0.2) is 0 Å². The minimum absolute atomic E-state index is 0.125. The summed E-state index contributed by atoms with van der Waals surface area (Å²) in [4.78, 5) is 33.6. The molecule has 0 aromatic rings. The van der Waals surface area contributed by atoms with E-state index in [0.29, 0.717) is 0 Å². The fourth-order valence-electron chi connectivity index (χ4n) is 0.605. The Morgan fingerprint density at radius 2 is 0.812 bits per heavy atom. The molecule has 0 aromatic carbocycles. The molecule has 0 heterocycles. The molecule has 0 amide bonds. The van der Waals surface area contributed by atoms with Crippen molar-refractivity contribution in [2.45, 2.75) is 27.7 Å². The Morgan fingerprint density at radius 1 is 0.688 bits per heavy atom. The zero-order valence-corrected chi connectivity index (χ0v) is 11.2. The summed E-state index contributed by atoms with van der Waals surface area (Å²) in [5.74, 6) is 0.500. The van der Waals surface area contributed by atoms with Crippen molar-refractivity contribution < 1.29 is 40.2 Å². The fourth-order valence-corrected chi connectivity index (χ4v) is 0.605. The summed E-state index contributed by atoms with van der Waals surface area (Å²) in [5, 5.41) is 0. The molecule has 0 aromatic heterocycles. The predicted molar refractivity (Wildman–Crippen MR) is 59.8 cm³/mol. The predicted octanol–water partition coefficient (Wildman–Crippen LogP) is 0.519. The van der Waals surface area contributed by atoms with Gasteiger partial charge in [-0.05, 0) is 0 Å². The van der Waals surface area contributed by atoms with Gasteiger partial charge in [0, 0.05) is 27.7 Å². The van der Waals surface area contributed by atoms with Crippen LogP contribution in [0.1, 0.15) is 27.7 Å². The normalized spacial score (nSPS) is 6.94. The van der Waals surface area contributed by atoms with Gasteiger partial charge in [0.2, 0.25) is 0 Å². The summed E-state index contributed by atoms with van der Waals surface area (Å²) in [6.45, 7) is 6.00. The van der Waals surface area contributed by atoms with Crippen molar-refractivity contribution in [1.29, 1.82) is 0 Å². The van der Waals surface area contributed by atoms with E-state index in [2.05, 4.69) is 0 Å². The topological polar surface area (TPSA) is 103 Å². The second kappa shape index (κ2) is 13.8. The van der Waals surface area contributed by atoms with Gasteiger partial charge in [-0.2, -0.15) is 12.8 Å². The van der Waals surface area contributed by atoms with Crippen molar-refractivity contribution in [3.05, 3.63) is 12.8 Å². The maximum absolute atomic E-state index is 8.40. The second-order valence-corrected chi connectivity index (χ2v) is 2.85. The van der Waals surface area contributed by atoms with Crippen LogP contribution in [0.2, 0.25) is 0 Å². The van der Waals surface area contributed by atoms with E-state index in [1.165, 1.54) is 40.5 Å². The number of hydrogen-bond acceptors (Lipinski definition) is 1. The second-order valence-electron chi connectivity index (χ2n) is 2.85. The molecule has 5 nitrogen and oxygen atoms in total. The molecule has 4 N–H and O–H groups in total. The van der Waals surface area contributed by atoms with Crippen molar-refractivity contribution in [2.24, 2.45) is 0 Å². The molecular formula is C10H18O5V+2. The molecule has 0 saturated heterocycles. The molecule has 16 heavy (non-hydrogen) atoms. The minimum atomic E-state index is 0.125. The van der Waals surface area contributed by atoms with Crippen LogP contribution in [-0.4, -0.2) is 42.3 Å². The van der Waals surface area contributed by atoms with Gasteiger partial charge >= 0.3 is 21.0 Å². The summed E-state index contributed by atoms with van der Waals surface area (Å²) >= 11 is 1.06. The van der Waals surface area contributed by atoms with Crippen molar-refractivity contribution in [3.63, 3.8) is 0 Å². The van der Waals surface area contributed by atoms with Crippen LogP contribution in [0.3, 0.4) is 0 Å². The molecule has 0 aliphatic rings. The van der Waals surface area contributed by atoms with Crippen molar-refractivity contribution >= 4 is 23.1 Å². The Morgan fingerprint density at radius 3 is 0.812 bits per heavy atom. The average Bonchev–Trinajstić information content (AvgIpc) is 2.03. The molecule has 0 atom stereocenters. The molecule has 0 saturated carbocycles. The van der Waals surface area contributed by atoms with Gasteiger partial charge in [0.25, 0.3) is 0 Å². The molecule has 0 aliphatic heterocycles. The third-order valence-electron chi connectivity index (χ3n) is 0.836. The van der Waals surface area contributed by atoms with Gasteiger partial charge in [0.1, 0.15) is 0 Å². The van der Waals surface area contributed by atoms with Gasteiger partial charge in [-0.1, -0.05) is 0 Å². The molecule has 6 heteroatoms. The summed E-state index contributed by atoms with van der Waals surface area (Å²) in [7, 11) is 0. The van der Waals surface area contributed by atoms with Crippen molar-refractivity contribution in [2.75, 3.05) is 0 Å². The van der Waals surface area contributed by atoms with Gasteiger partial charge < -0.3 is 19.2 Å². The maximum atomic E-state index is 8.40. The third-order valence-corrected chi connectivity index (χ3v) is 0.836. The van der Waals surface area contributed by atoms with Gasteiger partial charge in [0.05, 0.1) is 0 Å². The fraction of sp³-hybridized carbons (Fsp3) is 0.400. The zero-order chi connectivity index (χ0) is 13.7. The van der Waals surface area contributed by atoms with E-state index in [1.54, 1.807) is 0 Å². The van der Waals surface area contributed by atoms with E-state index in [9.17, 15) is 0 Å². The van der Waals surface area contributed by atoms with Crippen LogP contribution in [0.25, 0.3) is 0 Å². The molecule has 0 fully saturated rings. The van der Waals surface area contributed by atoms with E-state index in [4.69, 9.17) is 22.9 Å². The van der Waals surface area contributed by atoms with Crippen LogP contribution >= 0.6 is 0 Å². The summed E-state index contributed by atoms with van der Waals surface area (Å²) in [6, 6.07) is 0. The van der Waals surface area contributed by atoms with Crippen LogP contribution in [0.5, 0.6) is 0 Å². The van der Waals surface area contributed by atoms with E-state index >= 15 is 0 Å². The monoisotopic (exact) mass is 269 g/mol. The zero-order valence-electron chi connectivity index (χ0n) is 9.80. The Balaban J connectivity index is -0.000000183. The first kappa shape index (κ1) is 20.2. The van der Waals surface area contributed by atoms with Gasteiger partial charge in [-0.3, -0.25) is 0 Å². The third kappa shape index (κ3) is 38.5. The van der Waals surface area contributed by atoms with Gasteiger partial charge in [0.15, 0.2) is 23.1 Å². The first-order valence-electron chi connectivity index (χ1n) is 4.23. The standard InChI is InChI=1S/2C5H7O2.O.V/c2*1-4(6)3-5(2)7;;/h2*3H,1-2H3;;/q2*-1;;/p+4. The number of carbonyl (C=O) groups excluding carboxylic acids is 4. The number of hydrogen-bond donors (Lipinski definition) is 0. The van der Waals surface area contributed by atoms with Crippen LogP contribution in [0.4, 0.5) is 0 Å². The van der Waals surface area contributed by atoms with Gasteiger partial charge in [-0.15, -0.1) is 0 Å². The molecule has 0 radical (unpaired) electrons. The summed E-state index contributed by atoms with van der Waals surface area (Å²) < 4.78 is 8.19. The average molecular weight is 269 g/mol. The molecule has 91 valence electrons. The molecule has 0 spiro atoms. The Kier molecular flexibility index (Phi) is 17.5. The Hall–Kier alpha value is -1.20. The van der Waals surface area contributed by atoms with Crippen LogP contribution in [0.15, 0.2) is 0 Å². The van der Waals surface area contributed by atoms with Crippen molar-refractivity contribution in [1.82, 2.24) is 0 Å². The molecule has 0 bridgehead atoms. The molecule has 0 unspecified atom stereocenters. The first-order valence-corrected chi connectivity index (χ1v) is 4.80. The molecular weight excluding hydrogens is 251 g/mol. The quantitative estimate of drug-likeness (QED) is 0.414. The number of rotatable bonds is 4. The van der Waals surface area contributed by atoms with E-state index in [1.807, 2.05) is 0 Å². The van der Waals surface area contributed by atoms with Crippen molar-refractivity contribution in [3.8, 4) is 0 Å². The molecule has 0 rings (SSSR count). The summed E-state index contributed by atoms with van der Waals surface area (Å²) in [5.41, 5.74) is 0. The van der Waals surface area contributed by atoms with E-state index in [0.717, 1.165) is 17.4 Å². The first-order chi connectivity index (χ1) is 7.25. The van der Waals surface area contributed by atoms with Crippen LogP contribution in [-0.2, 0) is 21.0 Å². The summed E-state index contributed by atoms with van der Waals surface area (Å²) in [6.07, 6.45) is 2.56. The van der Waals surface area contributed by atoms with Crippen LogP contribution < -0.4 is 0 Å². The Bertz CT molecular complexity index is 210. The molecule has 0 aliphatic carbocycles. The Labute approximate surface area is 104 Å².